The smallest absolute Gasteiger partial charge is 0.337 e. The SMILES string of the molecule is COC(=O)c1ccc2c(c1)/C(=C1\NCc3cc(NS(C)(=O)=O)ccc3N1)C(=O)N2. The number of sulfonamides is 1. The van der Waals surface area contributed by atoms with Gasteiger partial charge >= 0.3 is 5.97 Å². The molecule has 2 aromatic rings. The van der Waals surface area contributed by atoms with Crippen LogP contribution in [0.3, 0.4) is 0 Å². The van der Waals surface area contributed by atoms with Gasteiger partial charge in [-0.05, 0) is 42.0 Å². The minimum atomic E-state index is -3.37. The molecule has 0 atom stereocenters. The minimum absolute atomic E-state index is 0.296. The Hall–Kier alpha value is -3.53. The second kappa shape index (κ2) is 6.82. The van der Waals surface area contributed by atoms with E-state index < -0.39 is 16.0 Å². The number of hydrogen-bond donors (Lipinski definition) is 4. The average Bonchev–Trinajstić information content (AvgIpc) is 3.00. The molecule has 1 amide bonds. The molecule has 2 heterocycles. The van der Waals surface area contributed by atoms with Crippen LogP contribution in [0, 0.1) is 0 Å². The molecular formula is C19H18N4O5S. The lowest BCUT2D eigenvalue weighted by Crippen LogP contribution is -2.28. The van der Waals surface area contributed by atoms with Gasteiger partial charge in [0.25, 0.3) is 5.91 Å². The van der Waals surface area contributed by atoms with Crippen molar-refractivity contribution in [2.75, 3.05) is 28.7 Å². The van der Waals surface area contributed by atoms with Crippen LogP contribution in [0.25, 0.3) is 5.57 Å². The van der Waals surface area contributed by atoms with Gasteiger partial charge in [-0.2, -0.15) is 0 Å². The lowest BCUT2D eigenvalue weighted by atomic mass is 10.0. The number of methoxy groups -OCH3 is 1. The third-order valence-corrected chi connectivity index (χ3v) is 5.17. The average molecular weight is 414 g/mol. The Morgan fingerprint density at radius 2 is 1.86 bits per heavy atom. The van der Waals surface area contributed by atoms with E-state index in [9.17, 15) is 18.0 Å². The van der Waals surface area contributed by atoms with E-state index in [1.165, 1.54) is 7.11 Å². The first-order valence-electron chi connectivity index (χ1n) is 8.65. The number of nitrogens with one attached hydrogen (secondary N) is 4. The molecule has 0 saturated carbocycles. The van der Waals surface area contributed by atoms with E-state index in [0.29, 0.717) is 40.4 Å². The largest absolute Gasteiger partial charge is 0.465 e. The molecule has 2 aliphatic heterocycles. The Morgan fingerprint density at radius 3 is 2.59 bits per heavy atom. The Morgan fingerprint density at radius 1 is 1.10 bits per heavy atom. The van der Waals surface area contributed by atoms with Crippen LogP contribution in [0.15, 0.2) is 42.2 Å². The second-order valence-corrected chi connectivity index (χ2v) is 8.43. The van der Waals surface area contributed by atoms with Crippen LogP contribution in [0.1, 0.15) is 21.5 Å². The van der Waals surface area contributed by atoms with E-state index in [2.05, 4.69) is 20.7 Å². The van der Waals surface area contributed by atoms with Crippen molar-refractivity contribution in [3.63, 3.8) is 0 Å². The van der Waals surface area contributed by atoms with E-state index in [0.717, 1.165) is 17.5 Å². The van der Waals surface area contributed by atoms with E-state index in [4.69, 9.17) is 4.74 Å². The van der Waals surface area contributed by atoms with Crippen LogP contribution in [0.5, 0.6) is 0 Å². The van der Waals surface area contributed by atoms with Crippen LogP contribution < -0.4 is 20.7 Å². The maximum Gasteiger partial charge on any atom is 0.337 e. The monoisotopic (exact) mass is 414 g/mol. The van der Waals surface area contributed by atoms with Gasteiger partial charge in [0.2, 0.25) is 10.0 Å². The Kier molecular flexibility index (Phi) is 4.42. The molecule has 2 aliphatic rings. The lowest BCUT2D eigenvalue weighted by molar-refractivity contribution is -0.110. The highest BCUT2D eigenvalue weighted by molar-refractivity contribution is 7.92. The first kappa shape index (κ1) is 18.8. The zero-order valence-corrected chi connectivity index (χ0v) is 16.4. The van der Waals surface area contributed by atoms with Crippen molar-refractivity contribution in [3.05, 3.63) is 58.9 Å². The molecule has 0 aliphatic carbocycles. The summed E-state index contributed by atoms with van der Waals surface area (Å²) in [7, 11) is -2.07. The first-order chi connectivity index (χ1) is 13.7. The minimum Gasteiger partial charge on any atom is -0.465 e. The Labute approximate surface area is 167 Å². The topological polar surface area (TPSA) is 126 Å². The molecule has 0 saturated heterocycles. The number of carbonyl (C=O) groups is 2. The van der Waals surface area contributed by atoms with E-state index >= 15 is 0 Å². The molecule has 0 radical (unpaired) electrons. The van der Waals surface area contributed by atoms with Gasteiger partial charge in [0, 0.05) is 29.2 Å². The van der Waals surface area contributed by atoms with Crippen LogP contribution >= 0.6 is 0 Å². The summed E-state index contributed by atoms with van der Waals surface area (Å²) in [6.45, 7) is 0.389. The highest BCUT2D eigenvalue weighted by Crippen LogP contribution is 2.36. The number of esters is 1. The second-order valence-electron chi connectivity index (χ2n) is 6.68. The summed E-state index contributed by atoms with van der Waals surface area (Å²) in [5, 5.41) is 9.11. The first-order valence-corrected chi connectivity index (χ1v) is 10.5. The van der Waals surface area contributed by atoms with Crippen LogP contribution in [-0.4, -0.2) is 33.7 Å². The van der Waals surface area contributed by atoms with Gasteiger partial charge in [-0.3, -0.25) is 9.52 Å². The number of hydrogen-bond acceptors (Lipinski definition) is 7. The zero-order chi connectivity index (χ0) is 20.8. The fourth-order valence-electron chi connectivity index (χ4n) is 3.31. The van der Waals surface area contributed by atoms with E-state index in [-0.39, 0.29) is 5.91 Å². The number of carbonyl (C=O) groups excluding carboxylic acids is 2. The molecule has 150 valence electrons. The third kappa shape index (κ3) is 3.61. The number of amides is 1. The standard InChI is InChI=1S/C19H18N4O5S/c1-28-19(25)10-3-5-15-13(8-10)16(18(24)22-15)17-20-9-11-7-12(23-29(2,26)27)4-6-14(11)21-17/h3-8,20-21,23H,9H2,1-2H3,(H,22,24)/b17-16-. The van der Waals surface area contributed by atoms with Crippen molar-refractivity contribution in [1.29, 1.82) is 0 Å². The van der Waals surface area contributed by atoms with Crippen molar-refractivity contribution in [2.24, 2.45) is 0 Å². The summed E-state index contributed by atoms with van der Waals surface area (Å²) < 4.78 is 30.0. The molecule has 0 bridgehead atoms. The van der Waals surface area contributed by atoms with E-state index in [1.807, 2.05) is 0 Å². The molecule has 0 spiro atoms. The molecule has 29 heavy (non-hydrogen) atoms. The Balaban J connectivity index is 1.70. The maximum absolute atomic E-state index is 12.6. The van der Waals surface area contributed by atoms with Crippen molar-refractivity contribution in [2.45, 2.75) is 6.54 Å². The van der Waals surface area contributed by atoms with E-state index in [1.54, 1.807) is 36.4 Å². The fraction of sp³-hybridized carbons (Fsp3) is 0.158. The van der Waals surface area contributed by atoms with Gasteiger partial charge in [-0.1, -0.05) is 0 Å². The van der Waals surface area contributed by atoms with Crippen LogP contribution in [0.4, 0.5) is 17.1 Å². The highest BCUT2D eigenvalue weighted by atomic mass is 32.2. The summed E-state index contributed by atoms with van der Waals surface area (Å²) in [4.78, 5) is 24.4. The van der Waals surface area contributed by atoms with Crippen molar-refractivity contribution in [3.8, 4) is 0 Å². The van der Waals surface area contributed by atoms with Gasteiger partial charge in [-0.25, -0.2) is 13.2 Å². The van der Waals surface area contributed by atoms with Crippen LogP contribution in [0.2, 0.25) is 0 Å². The Bertz CT molecular complexity index is 1190. The molecule has 10 heteroatoms. The van der Waals surface area contributed by atoms with Gasteiger partial charge < -0.3 is 20.7 Å². The van der Waals surface area contributed by atoms with Crippen molar-refractivity contribution >= 4 is 44.5 Å². The third-order valence-electron chi connectivity index (χ3n) is 4.56. The quantitative estimate of drug-likeness (QED) is 0.445. The summed E-state index contributed by atoms with van der Waals surface area (Å²) in [5.41, 5.74) is 3.96. The molecule has 0 unspecified atom stereocenters. The molecule has 9 nitrogen and oxygen atoms in total. The van der Waals surface area contributed by atoms with Crippen LogP contribution in [-0.2, 0) is 26.1 Å². The van der Waals surface area contributed by atoms with Gasteiger partial charge in [0.1, 0.15) is 5.82 Å². The molecule has 2 aromatic carbocycles. The zero-order valence-electron chi connectivity index (χ0n) is 15.6. The summed E-state index contributed by atoms with van der Waals surface area (Å²) >= 11 is 0. The number of anilines is 3. The maximum atomic E-state index is 12.6. The predicted molar refractivity (Wildman–Crippen MR) is 109 cm³/mol. The number of benzene rings is 2. The number of rotatable bonds is 3. The number of fused-ring (bicyclic) bond motifs is 2. The van der Waals surface area contributed by atoms with Gasteiger partial charge in [0.15, 0.2) is 0 Å². The normalized spacial score (nSPS) is 17.4. The summed E-state index contributed by atoms with van der Waals surface area (Å²) in [6.07, 6.45) is 1.09. The molecular weight excluding hydrogens is 396 g/mol. The summed E-state index contributed by atoms with van der Waals surface area (Å²) in [5.74, 6) is -0.285. The predicted octanol–water partition coefficient (Wildman–Crippen LogP) is 1.68. The molecule has 4 rings (SSSR count). The fourth-order valence-corrected chi connectivity index (χ4v) is 3.87. The molecule has 4 N–H and O–H groups in total. The van der Waals surface area contributed by atoms with Crippen molar-refractivity contribution < 1.29 is 22.7 Å². The summed E-state index contributed by atoms with van der Waals surface area (Å²) in [6, 6.07) is 9.95. The highest BCUT2D eigenvalue weighted by Gasteiger charge is 2.30. The lowest BCUT2D eigenvalue weighted by Gasteiger charge is -2.24. The van der Waals surface area contributed by atoms with Crippen molar-refractivity contribution in [1.82, 2.24) is 5.32 Å². The van der Waals surface area contributed by atoms with Gasteiger partial charge in [0.05, 0.1) is 24.5 Å². The molecule has 0 aromatic heterocycles. The molecule has 0 fully saturated rings. The number of ether oxygens (including phenoxy) is 1. The van der Waals surface area contributed by atoms with Gasteiger partial charge in [-0.15, -0.1) is 0 Å².